The lowest BCUT2D eigenvalue weighted by molar-refractivity contribution is -0.121. The zero-order chi connectivity index (χ0) is 25.8. The van der Waals surface area contributed by atoms with Crippen LogP contribution in [0, 0.1) is 19.7 Å². The number of carbonyl (C=O) groups excluding carboxylic acids is 1. The Balaban J connectivity index is 1.48. The van der Waals surface area contributed by atoms with Crippen LogP contribution in [0.25, 0.3) is 10.9 Å². The summed E-state index contributed by atoms with van der Waals surface area (Å²) in [5, 5.41) is 4.19. The highest BCUT2D eigenvalue weighted by molar-refractivity contribution is 5.87. The van der Waals surface area contributed by atoms with E-state index < -0.39 is 0 Å². The van der Waals surface area contributed by atoms with Crippen LogP contribution in [0.4, 0.5) is 4.39 Å². The first-order valence-electron chi connectivity index (χ1n) is 12.7. The second-order valence-corrected chi connectivity index (χ2v) is 9.79. The summed E-state index contributed by atoms with van der Waals surface area (Å²) in [5.74, 6) is -0.417. The number of aromatic nitrogens is 1. The zero-order valence-electron chi connectivity index (χ0n) is 21.2. The maximum absolute atomic E-state index is 13.3. The van der Waals surface area contributed by atoms with E-state index in [1.165, 1.54) is 23.3 Å². The molecule has 3 nitrogen and oxygen atoms in total. The van der Waals surface area contributed by atoms with Crippen LogP contribution in [0.5, 0.6) is 0 Å². The molecule has 4 aromatic carbocycles. The number of hydrogen-bond donors (Lipinski definition) is 1. The Hall–Kier alpha value is -4.18. The molecule has 0 fully saturated rings. The molecule has 0 aliphatic carbocycles. The number of nitrogens with zero attached hydrogens (tertiary/aromatic N) is 1. The van der Waals surface area contributed by atoms with Gasteiger partial charge in [-0.1, -0.05) is 90.0 Å². The molecule has 0 aliphatic heterocycles. The predicted molar refractivity (Wildman–Crippen MR) is 148 cm³/mol. The second kappa shape index (κ2) is 10.8. The number of fused-ring (bicyclic) bond motifs is 1. The standard InChI is InChI=1S/C33H31FN2O/c1-23-10-12-26(13-11-23)21-36-22-31(29-8-3-4-9-32(29)36)30(27-7-5-6-24(2)18-27)19-33(37)35-20-25-14-16-28(34)17-15-25/h3-18,22,30H,19-21H2,1-2H3,(H,35,37). The van der Waals surface area contributed by atoms with E-state index in [0.717, 1.165) is 39.7 Å². The molecule has 1 N–H and O–H groups in total. The summed E-state index contributed by atoms with van der Waals surface area (Å²) < 4.78 is 15.5. The van der Waals surface area contributed by atoms with Crippen molar-refractivity contribution in [3.8, 4) is 0 Å². The molecule has 5 rings (SSSR count). The number of rotatable bonds is 8. The van der Waals surface area contributed by atoms with Gasteiger partial charge in [0.15, 0.2) is 0 Å². The first kappa shape index (κ1) is 24.5. The molecule has 1 aromatic heterocycles. The van der Waals surface area contributed by atoms with Gasteiger partial charge in [0.1, 0.15) is 5.82 Å². The zero-order valence-corrected chi connectivity index (χ0v) is 21.2. The van der Waals surface area contributed by atoms with Crippen LogP contribution in [0.3, 0.4) is 0 Å². The van der Waals surface area contributed by atoms with Crippen LogP contribution in [-0.2, 0) is 17.9 Å². The number of halogens is 1. The molecular weight excluding hydrogens is 459 g/mol. The maximum Gasteiger partial charge on any atom is 0.221 e. The van der Waals surface area contributed by atoms with Crippen LogP contribution in [-0.4, -0.2) is 10.5 Å². The van der Waals surface area contributed by atoms with E-state index in [2.05, 4.69) is 103 Å². The van der Waals surface area contributed by atoms with Crippen LogP contribution in [0.1, 0.15) is 45.7 Å². The minimum Gasteiger partial charge on any atom is -0.352 e. The average molecular weight is 491 g/mol. The highest BCUT2D eigenvalue weighted by atomic mass is 19.1. The number of nitrogens with one attached hydrogen (secondary N) is 1. The quantitative estimate of drug-likeness (QED) is 0.244. The Morgan fingerprint density at radius 1 is 0.838 bits per heavy atom. The first-order valence-corrected chi connectivity index (χ1v) is 12.7. The molecule has 0 bridgehead atoms. The molecule has 1 amide bonds. The van der Waals surface area contributed by atoms with Gasteiger partial charge >= 0.3 is 0 Å². The third kappa shape index (κ3) is 5.80. The lowest BCUT2D eigenvalue weighted by Crippen LogP contribution is -2.25. The normalized spacial score (nSPS) is 12.0. The van der Waals surface area contributed by atoms with Crippen LogP contribution >= 0.6 is 0 Å². The van der Waals surface area contributed by atoms with Crippen molar-refractivity contribution in [2.45, 2.75) is 39.3 Å². The summed E-state index contributed by atoms with van der Waals surface area (Å²) in [6.45, 7) is 5.31. The minimum atomic E-state index is -0.281. The molecule has 5 aromatic rings. The van der Waals surface area contributed by atoms with Gasteiger partial charge in [-0.05, 0) is 54.3 Å². The van der Waals surface area contributed by atoms with Crippen molar-refractivity contribution in [2.75, 3.05) is 0 Å². The first-order chi connectivity index (χ1) is 18.0. The van der Waals surface area contributed by atoms with Crippen molar-refractivity contribution < 1.29 is 9.18 Å². The number of benzene rings is 4. The Morgan fingerprint density at radius 2 is 1.57 bits per heavy atom. The van der Waals surface area contributed by atoms with E-state index in [-0.39, 0.29) is 17.6 Å². The number of aryl methyl sites for hydroxylation is 2. The van der Waals surface area contributed by atoms with Gasteiger partial charge in [0, 0.05) is 42.5 Å². The molecular formula is C33H31FN2O. The summed E-state index contributed by atoms with van der Waals surface area (Å²) in [7, 11) is 0. The third-order valence-electron chi connectivity index (χ3n) is 6.91. The second-order valence-electron chi connectivity index (χ2n) is 9.79. The van der Waals surface area contributed by atoms with Gasteiger partial charge in [0.2, 0.25) is 5.91 Å². The van der Waals surface area contributed by atoms with Gasteiger partial charge in [0.25, 0.3) is 0 Å². The summed E-state index contributed by atoms with van der Waals surface area (Å²) in [6, 6.07) is 31.7. The third-order valence-corrected chi connectivity index (χ3v) is 6.91. The number of carbonyl (C=O) groups is 1. The van der Waals surface area contributed by atoms with E-state index in [9.17, 15) is 9.18 Å². The summed E-state index contributed by atoms with van der Waals surface area (Å²) in [4.78, 5) is 13.2. The molecule has 0 spiro atoms. The minimum absolute atomic E-state index is 0.0359. The number of para-hydroxylation sites is 1. The van der Waals surface area contributed by atoms with Crippen LogP contribution in [0.2, 0.25) is 0 Å². The Bertz CT molecular complexity index is 1520. The van der Waals surface area contributed by atoms with E-state index in [1.54, 1.807) is 12.1 Å². The van der Waals surface area contributed by atoms with Gasteiger partial charge in [0.05, 0.1) is 0 Å². The smallest absolute Gasteiger partial charge is 0.221 e. The molecule has 1 heterocycles. The molecule has 1 atom stereocenters. The lowest BCUT2D eigenvalue weighted by atomic mass is 9.87. The van der Waals surface area contributed by atoms with E-state index >= 15 is 0 Å². The Morgan fingerprint density at radius 3 is 2.32 bits per heavy atom. The molecule has 1 unspecified atom stereocenters. The van der Waals surface area contributed by atoms with Gasteiger partial charge in [-0.2, -0.15) is 0 Å². The summed E-state index contributed by atoms with van der Waals surface area (Å²) >= 11 is 0. The lowest BCUT2D eigenvalue weighted by Gasteiger charge is -2.18. The number of hydrogen-bond acceptors (Lipinski definition) is 1. The molecule has 0 saturated heterocycles. The van der Waals surface area contributed by atoms with Gasteiger partial charge in [-0.25, -0.2) is 4.39 Å². The van der Waals surface area contributed by atoms with E-state index in [4.69, 9.17) is 0 Å². The van der Waals surface area contributed by atoms with Crippen molar-refractivity contribution in [2.24, 2.45) is 0 Å². The van der Waals surface area contributed by atoms with Crippen molar-refractivity contribution in [3.63, 3.8) is 0 Å². The summed E-state index contributed by atoms with van der Waals surface area (Å²) in [6.07, 6.45) is 2.54. The van der Waals surface area contributed by atoms with Gasteiger partial charge in [-0.3, -0.25) is 4.79 Å². The molecule has 0 radical (unpaired) electrons. The Labute approximate surface area is 217 Å². The largest absolute Gasteiger partial charge is 0.352 e. The van der Waals surface area contributed by atoms with Gasteiger partial charge in [-0.15, -0.1) is 0 Å². The molecule has 4 heteroatoms. The van der Waals surface area contributed by atoms with E-state index in [1.807, 2.05) is 0 Å². The van der Waals surface area contributed by atoms with Crippen molar-refractivity contribution in [3.05, 3.63) is 142 Å². The van der Waals surface area contributed by atoms with E-state index in [0.29, 0.717) is 13.0 Å². The van der Waals surface area contributed by atoms with Crippen LogP contribution in [0.15, 0.2) is 103 Å². The SMILES string of the molecule is Cc1ccc(Cn2cc(C(CC(=O)NCc3ccc(F)cc3)c3cccc(C)c3)c3ccccc32)cc1. The highest BCUT2D eigenvalue weighted by Gasteiger charge is 2.23. The summed E-state index contributed by atoms with van der Waals surface area (Å²) in [5.41, 5.74) is 7.94. The number of amides is 1. The van der Waals surface area contributed by atoms with Crippen molar-refractivity contribution >= 4 is 16.8 Å². The Kier molecular flexibility index (Phi) is 7.18. The molecule has 37 heavy (non-hydrogen) atoms. The fraction of sp³-hybridized carbons (Fsp3) is 0.182. The van der Waals surface area contributed by atoms with Crippen molar-refractivity contribution in [1.82, 2.24) is 9.88 Å². The maximum atomic E-state index is 13.3. The fourth-order valence-corrected chi connectivity index (χ4v) is 4.93. The molecule has 0 aliphatic rings. The monoisotopic (exact) mass is 490 g/mol. The predicted octanol–water partition coefficient (Wildman–Crippen LogP) is 7.28. The average Bonchev–Trinajstić information content (AvgIpc) is 3.26. The highest BCUT2D eigenvalue weighted by Crippen LogP contribution is 2.35. The van der Waals surface area contributed by atoms with Crippen LogP contribution < -0.4 is 5.32 Å². The van der Waals surface area contributed by atoms with Crippen molar-refractivity contribution in [1.29, 1.82) is 0 Å². The van der Waals surface area contributed by atoms with Gasteiger partial charge < -0.3 is 9.88 Å². The fourth-order valence-electron chi connectivity index (χ4n) is 4.93. The molecule has 0 saturated carbocycles. The topological polar surface area (TPSA) is 34.0 Å². The molecule has 186 valence electrons.